The quantitative estimate of drug-likeness (QED) is 0.263. The SMILES string of the molecule is CCNC(=NCCN1CCSCC1)NN. The number of nitrogens with zero attached hydrogens (tertiary/aromatic N) is 2. The van der Waals surface area contributed by atoms with E-state index in [1.165, 1.54) is 24.6 Å². The molecule has 1 saturated heterocycles. The number of thioether (sulfide) groups is 1. The molecule has 0 bridgehead atoms. The van der Waals surface area contributed by atoms with E-state index in [0.29, 0.717) is 5.96 Å². The number of hydrazine groups is 1. The average Bonchev–Trinajstić information content (AvgIpc) is 2.29. The first-order valence-corrected chi connectivity index (χ1v) is 6.57. The van der Waals surface area contributed by atoms with Crippen LogP contribution in [0.4, 0.5) is 0 Å². The van der Waals surface area contributed by atoms with Gasteiger partial charge in [0.25, 0.3) is 0 Å². The van der Waals surface area contributed by atoms with Crippen molar-refractivity contribution in [2.45, 2.75) is 6.92 Å². The molecule has 0 aromatic rings. The van der Waals surface area contributed by atoms with Crippen LogP contribution in [0.25, 0.3) is 0 Å². The average molecular weight is 231 g/mol. The smallest absolute Gasteiger partial charge is 0.205 e. The summed E-state index contributed by atoms with van der Waals surface area (Å²) < 4.78 is 0. The van der Waals surface area contributed by atoms with Crippen LogP contribution in [0.15, 0.2) is 4.99 Å². The van der Waals surface area contributed by atoms with Gasteiger partial charge < -0.3 is 5.32 Å². The molecular weight excluding hydrogens is 210 g/mol. The van der Waals surface area contributed by atoms with E-state index in [9.17, 15) is 0 Å². The molecule has 5 nitrogen and oxygen atoms in total. The van der Waals surface area contributed by atoms with Gasteiger partial charge in [0.2, 0.25) is 5.96 Å². The van der Waals surface area contributed by atoms with Crippen LogP contribution in [-0.2, 0) is 0 Å². The Labute approximate surface area is 95.8 Å². The highest BCUT2D eigenvalue weighted by atomic mass is 32.2. The molecule has 4 N–H and O–H groups in total. The van der Waals surface area contributed by atoms with Crippen molar-refractivity contribution in [3.8, 4) is 0 Å². The minimum absolute atomic E-state index is 0.684. The highest BCUT2D eigenvalue weighted by molar-refractivity contribution is 7.99. The number of rotatable bonds is 4. The Morgan fingerprint density at radius 2 is 2.20 bits per heavy atom. The lowest BCUT2D eigenvalue weighted by Gasteiger charge is -2.25. The van der Waals surface area contributed by atoms with E-state index in [2.05, 4.69) is 20.6 Å². The molecule has 0 aromatic carbocycles. The van der Waals surface area contributed by atoms with Crippen LogP contribution >= 0.6 is 11.8 Å². The Hall–Kier alpha value is -0.460. The molecular formula is C9H21N5S. The number of nitrogens with one attached hydrogen (secondary N) is 2. The molecule has 0 atom stereocenters. The summed E-state index contributed by atoms with van der Waals surface area (Å²) in [4.78, 5) is 6.79. The Morgan fingerprint density at radius 3 is 2.80 bits per heavy atom. The van der Waals surface area contributed by atoms with E-state index in [4.69, 9.17) is 5.84 Å². The predicted molar refractivity (Wildman–Crippen MR) is 67.1 cm³/mol. The van der Waals surface area contributed by atoms with Crippen molar-refractivity contribution in [2.75, 3.05) is 44.2 Å². The summed E-state index contributed by atoms with van der Waals surface area (Å²) in [5.74, 6) is 8.50. The lowest BCUT2D eigenvalue weighted by atomic mass is 10.4. The van der Waals surface area contributed by atoms with Gasteiger partial charge in [0.15, 0.2) is 0 Å². The largest absolute Gasteiger partial charge is 0.356 e. The summed E-state index contributed by atoms with van der Waals surface area (Å²) in [7, 11) is 0. The Balaban J connectivity index is 2.17. The fourth-order valence-corrected chi connectivity index (χ4v) is 2.43. The van der Waals surface area contributed by atoms with E-state index < -0.39 is 0 Å². The maximum atomic E-state index is 5.32. The lowest BCUT2D eigenvalue weighted by Crippen LogP contribution is -2.42. The molecule has 0 aromatic heterocycles. The van der Waals surface area contributed by atoms with Gasteiger partial charge in [-0.1, -0.05) is 0 Å². The summed E-state index contributed by atoms with van der Waals surface area (Å²) >= 11 is 2.03. The summed E-state index contributed by atoms with van der Waals surface area (Å²) in [6.45, 7) is 7.06. The van der Waals surface area contributed by atoms with Crippen molar-refractivity contribution >= 4 is 17.7 Å². The van der Waals surface area contributed by atoms with Crippen molar-refractivity contribution in [1.82, 2.24) is 15.6 Å². The molecule has 0 radical (unpaired) electrons. The van der Waals surface area contributed by atoms with E-state index >= 15 is 0 Å². The first-order valence-electron chi connectivity index (χ1n) is 5.42. The number of guanidine groups is 1. The standard InChI is InChI=1S/C9H21N5S/c1-2-11-9(13-10)12-3-4-14-5-7-15-8-6-14/h2-8,10H2,1H3,(H2,11,12,13). The van der Waals surface area contributed by atoms with Crippen molar-refractivity contribution in [3.63, 3.8) is 0 Å². The number of nitrogens with two attached hydrogens (primary N) is 1. The molecule has 1 rings (SSSR count). The molecule has 1 fully saturated rings. The minimum atomic E-state index is 0.684. The Bertz CT molecular complexity index is 191. The molecule has 0 aliphatic carbocycles. The summed E-state index contributed by atoms with van der Waals surface area (Å²) in [6, 6.07) is 0. The van der Waals surface area contributed by atoms with Gasteiger partial charge in [-0.15, -0.1) is 0 Å². The van der Waals surface area contributed by atoms with Crippen LogP contribution in [0.2, 0.25) is 0 Å². The van der Waals surface area contributed by atoms with Crippen molar-refractivity contribution in [3.05, 3.63) is 0 Å². The summed E-state index contributed by atoms with van der Waals surface area (Å²) in [6.07, 6.45) is 0. The van der Waals surface area contributed by atoms with E-state index in [1.54, 1.807) is 0 Å². The predicted octanol–water partition coefficient (Wildman–Crippen LogP) is -0.536. The molecule has 15 heavy (non-hydrogen) atoms. The Kier molecular flexibility index (Phi) is 6.54. The van der Waals surface area contributed by atoms with Crippen LogP contribution in [0.1, 0.15) is 6.92 Å². The van der Waals surface area contributed by atoms with Gasteiger partial charge in [0.05, 0.1) is 6.54 Å². The third-order valence-corrected chi connectivity index (χ3v) is 3.21. The fourth-order valence-electron chi connectivity index (χ4n) is 1.45. The zero-order valence-corrected chi connectivity index (χ0v) is 10.1. The molecule has 6 heteroatoms. The van der Waals surface area contributed by atoms with Gasteiger partial charge >= 0.3 is 0 Å². The van der Waals surface area contributed by atoms with Gasteiger partial charge in [0, 0.05) is 37.7 Å². The topological polar surface area (TPSA) is 65.7 Å². The monoisotopic (exact) mass is 231 g/mol. The fraction of sp³-hybridized carbons (Fsp3) is 0.889. The van der Waals surface area contributed by atoms with Crippen LogP contribution in [0, 0.1) is 0 Å². The molecule has 1 aliphatic rings. The first kappa shape index (κ1) is 12.6. The van der Waals surface area contributed by atoms with Crippen molar-refractivity contribution in [2.24, 2.45) is 10.8 Å². The first-order chi connectivity index (χ1) is 7.36. The maximum Gasteiger partial charge on any atom is 0.205 e. The second kappa shape index (κ2) is 7.78. The van der Waals surface area contributed by atoms with Gasteiger partial charge in [-0.05, 0) is 6.92 Å². The molecule has 0 saturated carbocycles. The number of hydrogen-bond acceptors (Lipinski definition) is 4. The third kappa shape index (κ3) is 5.25. The van der Waals surface area contributed by atoms with E-state index in [-0.39, 0.29) is 0 Å². The summed E-state index contributed by atoms with van der Waals surface area (Å²) in [5.41, 5.74) is 2.56. The van der Waals surface area contributed by atoms with Gasteiger partial charge in [-0.2, -0.15) is 11.8 Å². The second-order valence-corrected chi connectivity index (χ2v) is 4.58. The molecule has 1 heterocycles. The minimum Gasteiger partial charge on any atom is -0.356 e. The third-order valence-electron chi connectivity index (χ3n) is 2.27. The summed E-state index contributed by atoms with van der Waals surface area (Å²) in [5, 5.41) is 3.06. The van der Waals surface area contributed by atoms with E-state index in [1.807, 2.05) is 18.7 Å². The van der Waals surface area contributed by atoms with Crippen LogP contribution < -0.4 is 16.6 Å². The van der Waals surface area contributed by atoms with Crippen molar-refractivity contribution in [1.29, 1.82) is 0 Å². The van der Waals surface area contributed by atoms with Crippen LogP contribution in [0.3, 0.4) is 0 Å². The van der Waals surface area contributed by atoms with Gasteiger partial charge in [-0.3, -0.25) is 15.3 Å². The number of aliphatic imine (C=N–C) groups is 1. The molecule has 0 spiro atoms. The lowest BCUT2D eigenvalue weighted by molar-refractivity contribution is 0.311. The van der Waals surface area contributed by atoms with Crippen molar-refractivity contribution < 1.29 is 0 Å². The molecule has 0 unspecified atom stereocenters. The second-order valence-electron chi connectivity index (χ2n) is 3.36. The highest BCUT2D eigenvalue weighted by Crippen LogP contribution is 2.08. The van der Waals surface area contributed by atoms with Crippen LogP contribution in [0.5, 0.6) is 0 Å². The normalized spacial score (nSPS) is 18.9. The maximum absolute atomic E-state index is 5.32. The van der Waals surface area contributed by atoms with E-state index in [0.717, 1.165) is 19.6 Å². The van der Waals surface area contributed by atoms with Gasteiger partial charge in [0.1, 0.15) is 0 Å². The molecule has 1 aliphatic heterocycles. The Morgan fingerprint density at radius 1 is 1.47 bits per heavy atom. The zero-order chi connectivity index (χ0) is 10.9. The highest BCUT2D eigenvalue weighted by Gasteiger charge is 2.08. The van der Waals surface area contributed by atoms with Gasteiger partial charge in [-0.25, -0.2) is 5.84 Å². The number of hydrogen-bond donors (Lipinski definition) is 3. The zero-order valence-electron chi connectivity index (χ0n) is 9.33. The molecule has 88 valence electrons. The van der Waals surface area contributed by atoms with Crippen LogP contribution in [-0.4, -0.2) is 55.1 Å². The molecule has 0 amide bonds.